The van der Waals surface area contributed by atoms with Crippen LogP contribution in [0, 0.1) is 0 Å². The number of halogens is 1. The number of benzene rings is 3. The van der Waals surface area contributed by atoms with Gasteiger partial charge in [-0.25, -0.2) is 4.98 Å². The molecule has 0 saturated carbocycles. The number of rotatable bonds is 6. The van der Waals surface area contributed by atoms with Gasteiger partial charge in [-0.3, -0.25) is 4.79 Å². The van der Waals surface area contributed by atoms with Crippen molar-refractivity contribution in [2.75, 3.05) is 0 Å². The van der Waals surface area contributed by atoms with E-state index in [2.05, 4.69) is 47.8 Å². The number of hydrogen-bond donors (Lipinski definition) is 2. The summed E-state index contributed by atoms with van der Waals surface area (Å²) in [6.07, 6.45) is 0.835. The van der Waals surface area contributed by atoms with Gasteiger partial charge >= 0.3 is 0 Å². The van der Waals surface area contributed by atoms with E-state index in [1.165, 1.54) is 0 Å². The summed E-state index contributed by atoms with van der Waals surface area (Å²) in [5.74, 6) is 0.402. The second-order valence-corrected chi connectivity index (χ2v) is 8.60. The van der Waals surface area contributed by atoms with Crippen LogP contribution in [0.25, 0.3) is 21.9 Å². The molecule has 8 heteroatoms. The summed E-state index contributed by atoms with van der Waals surface area (Å²) < 4.78 is 2.91. The maximum Gasteiger partial charge on any atom is 0.266 e. The van der Waals surface area contributed by atoms with Gasteiger partial charge in [0.25, 0.3) is 5.91 Å². The van der Waals surface area contributed by atoms with E-state index in [1.807, 2.05) is 60.7 Å². The number of aromatic hydroxyl groups is 1. The van der Waals surface area contributed by atoms with E-state index in [0.29, 0.717) is 23.9 Å². The number of azo groups is 1. The monoisotopic (exact) mass is 501 g/mol. The van der Waals surface area contributed by atoms with Crippen molar-refractivity contribution >= 4 is 49.5 Å². The number of aromatic amines is 1. The number of carbonyl (C=O) groups is 1. The zero-order chi connectivity index (χ0) is 22.8. The van der Waals surface area contributed by atoms with Crippen molar-refractivity contribution in [3.63, 3.8) is 0 Å². The van der Waals surface area contributed by atoms with Crippen LogP contribution in [-0.2, 0) is 17.8 Å². The Morgan fingerprint density at radius 1 is 1.06 bits per heavy atom. The number of carbonyl (C=O) groups excluding carboxylic acids is 1. The summed E-state index contributed by atoms with van der Waals surface area (Å²) in [5.41, 5.74) is 3.99. The minimum atomic E-state index is -0.373. The van der Waals surface area contributed by atoms with Gasteiger partial charge in [-0.1, -0.05) is 58.4 Å². The first-order valence-electron chi connectivity index (χ1n) is 10.5. The summed E-state index contributed by atoms with van der Waals surface area (Å²) in [6.45, 7) is 0.436. The Morgan fingerprint density at radius 3 is 2.70 bits per heavy atom. The molecule has 2 heterocycles. The third-order valence-corrected chi connectivity index (χ3v) is 5.96. The Kier molecular flexibility index (Phi) is 5.75. The van der Waals surface area contributed by atoms with E-state index in [-0.39, 0.29) is 23.9 Å². The Labute approximate surface area is 197 Å². The second kappa shape index (κ2) is 8.99. The number of nitrogens with one attached hydrogen (secondary N) is 1. The zero-order valence-corrected chi connectivity index (χ0v) is 19.2. The number of imidazole rings is 1. The van der Waals surface area contributed by atoms with Gasteiger partial charge in [0, 0.05) is 29.2 Å². The lowest BCUT2D eigenvalue weighted by Gasteiger charge is -2.08. The molecule has 0 atom stereocenters. The molecule has 3 aromatic carbocycles. The van der Waals surface area contributed by atoms with Crippen molar-refractivity contribution < 1.29 is 9.90 Å². The average Bonchev–Trinajstić information content (AvgIpc) is 3.32. The number of aromatic nitrogens is 3. The molecule has 2 aromatic heterocycles. The van der Waals surface area contributed by atoms with Gasteiger partial charge in [-0.15, -0.1) is 10.2 Å². The van der Waals surface area contributed by atoms with Crippen molar-refractivity contribution in [1.29, 1.82) is 0 Å². The van der Waals surface area contributed by atoms with Gasteiger partial charge < -0.3 is 14.7 Å². The highest BCUT2D eigenvalue weighted by atomic mass is 79.9. The Hall–Kier alpha value is -3.78. The van der Waals surface area contributed by atoms with Gasteiger partial charge in [0.05, 0.1) is 16.6 Å². The zero-order valence-electron chi connectivity index (χ0n) is 17.6. The summed E-state index contributed by atoms with van der Waals surface area (Å²) in [4.78, 5) is 20.2. The van der Waals surface area contributed by atoms with Crippen molar-refractivity contribution in [3.8, 4) is 5.88 Å². The highest BCUT2D eigenvalue weighted by Gasteiger charge is 2.14. The maximum atomic E-state index is 12.6. The van der Waals surface area contributed by atoms with Crippen LogP contribution in [0.15, 0.2) is 87.5 Å². The van der Waals surface area contributed by atoms with Crippen LogP contribution in [0.1, 0.15) is 17.8 Å². The smallest absolute Gasteiger partial charge is 0.266 e. The molecule has 0 unspecified atom stereocenters. The molecule has 164 valence electrons. The lowest BCUT2D eigenvalue weighted by molar-refractivity contribution is -0.118. The highest BCUT2D eigenvalue weighted by molar-refractivity contribution is 9.10. The first-order chi connectivity index (χ1) is 16.1. The molecule has 0 saturated heterocycles. The van der Waals surface area contributed by atoms with Crippen LogP contribution in [0.3, 0.4) is 0 Å². The van der Waals surface area contributed by atoms with Crippen LogP contribution < -0.4 is 0 Å². The van der Waals surface area contributed by atoms with E-state index >= 15 is 0 Å². The molecule has 0 bridgehead atoms. The maximum absolute atomic E-state index is 12.6. The molecule has 0 fully saturated rings. The Bertz CT molecular complexity index is 1490. The second-order valence-electron chi connectivity index (χ2n) is 7.69. The van der Waals surface area contributed by atoms with Gasteiger partial charge in [-0.05, 0) is 35.9 Å². The number of H-pyrrole nitrogens is 1. The molecule has 0 aliphatic carbocycles. The van der Waals surface area contributed by atoms with Gasteiger partial charge in [0.2, 0.25) is 5.88 Å². The van der Waals surface area contributed by atoms with Crippen LogP contribution in [-0.4, -0.2) is 25.5 Å². The molecule has 1 amide bonds. The third kappa shape index (κ3) is 4.42. The van der Waals surface area contributed by atoms with Crippen molar-refractivity contribution in [3.05, 3.63) is 88.7 Å². The van der Waals surface area contributed by atoms with E-state index < -0.39 is 0 Å². The molecular weight excluding hydrogens is 482 g/mol. The number of nitrogens with zero attached hydrogens (tertiary/aromatic N) is 4. The quantitative estimate of drug-likeness (QED) is 0.268. The predicted octanol–water partition coefficient (Wildman–Crippen LogP) is 6.28. The molecule has 0 aliphatic rings. The molecule has 5 rings (SSSR count). The Balaban J connectivity index is 1.37. The molecule has 0 spiro atoms. The van der Waals surface area contributed by atoms with Crippen LogP contribution in [0.5, 0.6) is 5.88 Å². The SMILES string of the molecule is O=C(CCn1c(Cc2ccccc2)nc2ccccc21)N=Nc1c(O)[nH]c2ccc(Br)cc12. The van der Waals surface area contributed by atoms with Gasteiger partial charge in [-0.2, -0.15) is 0 Å². The third-order valence-electron chi connectivity index (χ3n) is 5.46. The van der Waals surface area contributed by atoms with E-state index in [0.717, 1.165) is 26.9 Å². The molecule has 33 heavy (non-hydrogen) atoms. The number of amides is 1. The predicted molar refractivity (Wildman–Crippen MR) is 131 cm³/mol. The lowest BCUT2D eigenvalue weighted by Crippen LogP contribution is -2.08. The number of aryl methyl sites for hydroxylation is 1. The average molecular weight is 502 g/mol. The van der Waals surface area contributed by atoms with Gasteiger partial charge in [0.1, 0.15) is 5.82 Å². The van der Waals surface area contributed by atoms with Gasteiger partial charge in [0.15, 0.2) is 5.69 Å². The van der Waals surface area contributed by atoms with Crippen LogP contribution in [0.4, 0.5) is 5.69 Å². The number of para-hydroxylation sites is 2. The first kappa shape index (κ1) is 21.1. The Morgan fingerprint density at radius 2 is 1.85 bits per heavy atom. The van der Waals surface area contributed by atoms with Crippen LogP contribution >= 0.6 is 15.9 Å². The lowest BCUT2D eigenvalue weighted by atomic mass is 10.1. The normalized spacial score (nSPS) is 11.7. The molecule has 2 N–H and O–H groups in total. The summed E-state index contributed by atoms with van der Waals surface area (Å²) in [5, 5.41) is 18.7. The number of fused-ring (bicyclic) bond motifs is 2. The van der Waals surface area contributed by atoms with E-state index in [1.54, 1.807) is 0 Å². The topological polar surface area (TPSA) is 95.6 Å². The first-order valence-corrected chi connectivity index (χ1v) is 11.3. The summed E-state index contributed by atoms with van der Waals surface area (Å²) in [6, 6.07) is 23.5. The van der Waals surface area contributed by atoms with Crippen molar-refractivity contribution in [1.82, 2.24) is 14.5 Å². The number of hydrogen-bond acceptors (Lipinski definition) is 4. The van der Waals surface area contributed by atoms with E-state index in [4.69, 9.17) is 4.98 Å². The fourth-order valence-electron chi connectivity index (χ4n) is 3.89. The highest BCUT2D eigenvalue weighted by Crippen LogP contribution is 2.36. The minimum absolute atomic E-state index is 0.120. The fourth-order valence-corrected chi connectivity index (χ4v) is 4.25. The van der Waals surface area contributed by atoms with Crippen molar-refractivity contribution in [2.45, 2.75) is 19.4 Å². The fraction of sp³-hybridized carbons (Fsp3) is 0.120. The van der Waals surface area contributed by atoms with E-state index in [9.17, 15) is 9.90 Å². The molecular formula is C25H20BrN5O2. The van der Waals surface area contributed by atoms with Crippen LogP contribution in [0.2, 0.25) is 0 Å². The summed E-state index contributed by atoms with van der Waals surface area (Å²) in [7, 11) is 0. The summed E-state index contributed by atoms with van der Waals surface area (Å²) >= 11 is 3.41. The van der Waals surface area contributed by atoms with Crippen molar-refractivity contribution in [2.24, 2.45) is 10.2 Å². The molecule has 0 radical (unpaired) electrons. The molecule has 0 aliphatic heterocycles. The minimum Gasteiger partial charge on any atom is -0.493 e. The largest absolute Gasteiger partial charge is 0.493 e. The molecule has 5 aromatic rings. The standard InChI is InChI=1S/C25H20BrN5O2/c26-17-10-11-19-18(15-17)24(25(33)28-19)30-29-23(32)12-13-31-21-9-5-4-8-20(21)27-22(31)14-16-6-2-1-3-7-16/h1-11,15,28,33H,12-14H2. The molecule has 7 nitrogen and oxygen atoms in total.